The Hall–Kier alpha value is -1.50. The van der Waals surface area contributed by atoms with Crippen molar-refractivity contribution in [3.63, 3.8) is 0 Å². The van der Waals surface area contributed by atoms with Crippen LogP contribution >= 0.6 is 11.8 Å². The first-order chi connectivity index (χ1) is 9.63. The SMILES string of the molecule is CC(N)CCSCc1oc2ccccc2c1C(=O)NN. The summed E-state index contributed by atoms with van der Waals surface area (Å²) < 4.78 is 5.76. The third-order valence-electron chi connectivity index (χ3n) is 2.98. The summed E-state index contributed by atoms with van der Waals surface area (Å²) in [5.41, 5.74) is 9.12. The van der Waals surface area contributed by atoms with Crippen LogP contribution in [0, 0.1) is 0 Å². The molecule has 108 valence electrons. The molecule has 2 rings (SSSR count). The molecule has 0 saturated heterocycles. The highest BCUT2D eigenvalue weighted by Crippen LogP contribution is 2.28. The van der Waals surface area contributed by atoms with Crippen molar-refractivity contribution in [3.05, 3.63) is 35.6 Å². The maximum atomic E-state index is 11.9. The lowest BCUT2D eigenvalue weighted by Gasteiger charge is -2.04. The van der Waals surface area contributed by atoms with E-state index in [1.807, 2.05) is 31.2 Å². The quantitative estimate of drug-likeness (QED) is 0.328. The van der Waals surface area contributed by atoms with E-state index in [-0.39, 0.29) is 11.9 Å². The molecule has 1 unspecified atom stereocenters. The Balaban J connectivity index is 2.20. The fourth-order valence-corrected chi connectivity index (χ4v) is 3.02. The smallest absolute Gasteiger partial charge is 0.269 e. The Labute approximate surface area is 122 Å². The van der Waals surface area contributed by atoms with Crippen LogP contribution in [0.2, 0.25) is 0 Å². The molecule has 0 fully saturated rings. The van der Waals surface area contributed by atoms with Gasteiger partial charge in [0, 0.05) is 11.4 Å². The van der Waals surface area contributed by atoms with E-state index >= 15 is 0 Å². The minimum atomic E-state index is -0.322. The summed E-state index contributed by atoms with van der Waals surface area (Å²) in [6.45, 7) is 1.98. The number of hydrazine groups is 1. The Kier molecular flexibility index (Phi) is 5.05. The molecule has 1 heterocycles. The first kappa shape index (κ1) is 14.9. The van der Waals surface area contributed by atoms with Gasteiger partial charge in [-0.25, -0.2) is 5.84 Å². The first-order valence-corrected chi connectivity index (χ1v) is 7.63. The average molecular weight is 293 g/mol. The van der Waals surface area contributed by atoms with Crippen LogP contribution in [0.1, 0.15) is 29.5 Å². The van der Waals surface area contributed by atoms with E-state index in [0.717, 1.165) is 17.6 Å². The van der Waals surface area contributed by atoms with Crippen molar-refractivity contribution in [2.24, 2.45) is 11.6 Å². The molecule has 5 nitrogen and oxygen atoms in total. The minimum absolute atomic E-state index is 0.185. The van der Waals surface area contributed by atoms with E-state index in [4.69, 9.17) is 16.0 Å². The van der Waals surface area contributed by atoms with Crippen molar-refractivity contribution in [1.82, 2.24) is 5.43 Å². The van der Waals surface area contributed by atoms with E-state index in [2.05, 4.69) is 5.43 Å². The third-order valence-corrected chi connectivity index (χ3v) is 3.97. The number of hydrogen-bond donors (Lipinski definition) is 3. The van der Waals surface area contributed by atoms with Crippen LogP contribution in [-0.4, -0.2) is 17.7 Å². The molecule has 1 amide bonds. The second-order valence-electron chi connectivity index (χ2n) is 4.69. The predicted molar refractivity (Wildman–Crippen MR) is 82.3 cm³/mol. The van der Waals surface area contributed by atoms with Crippen molar-refractivity contribution >= 4 is 28.6 Å². The fraction of sp³-hybridized carbons (Fsp3) is 0.357. The molecule has 1 atom stereocenters. The Morgan fingerprint density at radius 1 is 1.45 bits per heavy atom. The highest BCUT2D eigenvalue weighted by atomic mass is 32.2. The fourth-order valence-electron chi connectivity index (χ4n) is 1.95. The molecule has 0 aliphatic carbocycles. The maximum absolute atomic E-state index is 11.9. The summed E-state index contributed by atoms with van der Waals surface area (Å²) in [5, 5.41) is 0.790. The largest absolute Gasteiger partial charge is 0.459 e. The van der Waals surface area contributed by atoms with Gasteiger partial charge in [-0.05, 0) is 25.2 Å². The van der Waals surface area contributed by atoms with E-state index in [1.54, 1.807) is 11.8 Å². The molecule has 20 heavy (non-hydrogen) atoms. The van der Waals surface area contributed by atoms with Gasteiger partial charge < -0.3 is 10.2 Å². The average Bonchev–Trinajstić information content (AvgIpc) is 2.80. The number of nitrogens with one attached hydrogen (secondary N) is 1. The van der Waals surface area contributed by atoms with Gasteiger partial charge in [0.1, 0.15) is 11.3 Å². The van der Waals surface area contributed by atoms with Gasteiger partial charge in [0.15, 0.2) is 0 Å². The van der Waals surface area contributed by atoms with Gasteiger partial charge in [0.2, 0.25) is 0 Å². The van der Waals surface area contributed by atoms with Gasteiger partial charge in [0.05, 0.1) is 11.3 Å². The number of carbonyl (C=O) groups is 1. The van der Waals surface area contributed by atoms with Gasteiger partial charge in [-0.3, -0.25) is 10.2 Å². The summed E-state index contributed by atoms with van der Waals surface area (Å²) in [5.74, 6) is 7.15. The Morgan fingerprint density at radius 3 is 2.90 bits per heavy atom. The summed E-state index contributed by atoms with van der Waals surface area (Å²) in [6.07, 6.45) is 0.934. The zero-order chi connectivity index (χ0) is 14.5. The number of thioether (sulfide) groups is 1. The number of benzene rings is 1. The maximum Gasteiger partial charge on any atom is 0.269 e. The van der Waals surface area contributed by atoms with Gasteiger partial charge >= 0.3 is 0 Å². The van der Waals surface area contributed by atoms with Crippen LogP contribution in [0.25, 0.3) is 11.0 Å². The molecular formula is C14H19N3O2S. The lowest BCUT2D eigenvalue weighted by atomic mass is 10.1. The number of nitrogens with two attached hydrogens (primary N) is 2. The van der Waals surface area contributed by atoms with Crippen molar-refractivity contribution in [3.8, 4) is 0 Å². The van der Waals surface area contributed by atoms with Crippen molar-refractivity contribution < 1.29 is 9.21 Å². The second-order valence-corrected chi connectivity index (χ2v) is 5.79. The molecule has 2 aromatic rings. The van der Waals surface area contributed by atoms with Crippen molar-refractivity contribution in [1.29, 1.82) is 0 Å². The number of amides is 1. The number of nitrogen functional groups attached to an aromatic ring is 1. The summed E-state index contributed by atoms with van der Waals surface area (Å²) >= 11 is 1.70. The number of hydrogen-bond acceptors (Lipinski definition) is 5. The molecule has 1 aromatic heterocycles. The van der Waals surface area contributed by atoms with Crippen LogP contribution < -0.4 is 17.0 Å². The highest BCUT2D eigenvalue weighted by Gasteiger charge is 2.19. The molecular weight excluding hydrogens is 274 g/mol. The van der Waals surface area contributed by atoms with Crippen LogP contribution in [0.4, 0.5) is 0 Å². The summed E-state index contributed by atoms with van der Waals surface area (Å²) in [7, 11) is 0. The van der Waals surface area contributed by atoms with Gasteiger partial charge in [-0.2, -0.15) is 11.8 Å². The zero-order valence-electron chi connectivity index (χ0n) is 11.4. The molecule has 0 spiro atoms. The van der Waals surface area contributed by atoms with Gasteiger partial charge in [0.25, 0.3) is 5.91 Å². The number of rotatable bonds is 6. The number of para-hydroxylation sites is 1. The molecule has 0 radical (unpaired) electrons. The molecule has 0 bridgehead atoms. The molecule has 0 aliphatic rings. The van der Waals surface area contributed by atoms with Crippen LogP contribution in [0.5, 0.6) is 0 Å². The number of carbonyl (C=O) groups excluding carboxylic acids is 1. The standard InChI is InChI=1S/C14H19N3O2S/c1-9(15)6-7-20-8-12-13(14(18)17-16)10-4-2-3-5-11(10)19-12/h2-5,9H,6-8,15-16H2,1H3,(H,17,18). The van der Waals surface area contributed by atoms with E-state index in [0.29, 0.717) is 22.7 Å². The van der Waals surface area contributed by atoms with Gasteiger partial charge in [-0.15, -0.1) is 0 Å². The van der Waals surface area contributed by atoms with E-state index in [1.165, 1.54) is 0 Å². The molecule has 0 aliphatic heterocycles. The Bertz CT molecular complexity index is 595. The highest BCUT2D eigenvalue weighted by molar-refractivity contribution is 7.98. The minimum Gasteiger partial charge on any atom is -0.459 e. The van der Waals surface area contributed by atoms with Crippen molar-refractivity contribution in [2.45, 2.75) is 25.1 Å². The topological polar surface area (TPSA) is 94.3 Å². The zero-order valence-corrected chi connectivity index (χ0v) is 12.2. The second kappa shape index (κ2) is 6.78. The monoisotopic (exact) mass is 293 g/mol. The van der Waals surface area contributed by atoms with Crippen LogP contribution in [0.3, 0.4) is 0 Å². The van der Waals surface area contributed by atoms with Gasteiger partial charge in [-0.1, -0.05) is 18.2 Å². The van der Waals surface area contributed by atoms with Crippen molar-refractivity contribution in [2.75, 3.05) is 5.75 Å². The van der Waals surface area contributed by atoms with E-state index < -0.39 is 0 Å². The predicted octanol–water partition coefficient (Wildman–Crippen LogP) is 2.01. The lowest BCUT2D eigenvalue weighted by Crippen LogP contribution is -2.30. The number of fused-ring (bicyclic) bond motifs is 1. The molecule has 6 heteroatoms. The van der Waals surface area contributed by atoms with Crippen LogP contribution in [0.15, 0.2) is 28.7 Å². The third kappa shape index (κ3) is 3.33. The molecule has 0 saturated carbocycles. The summed E-state index contributed by atoms with van der Waals surface area (Å²) in [4.78, 5) is 11.9. The molecule has 1 aromatic carbocycles. The summed E-state index contributed by atoms with van der Waals surface area (Å²) in [6, 6.07) is 7.64. The lowest BCUT2D eigenvalue weighted by molar-refractivity contribution is 0.0953. The first-order valence-electron chi connectivity index (χ1n) is 6.48. The number of furan rings is 1. The van der Waals surface area contributed by atoms with Crippen LogP contribution in [-0.2, 0) is 5.75 Å². The van der Waals surface area contributed by atoms with E-state index in [9.17, 15) is 4.79 Å². The normalized spacial score (nSPS) is 12.6. The Morgan fingerprint density at radius 2 is 2.20 bits per heavy atom. The molecule has 5 N–H and O–H groups in total.